The smallest absolute Gasteiger partial charge is 0.130 e. The Morgan fingerprint density at radius 3 is 2.60 bits per heavy atom. The third kappa shape index (κ3) is 3.76. The van der Waals surface area contributed by atoms with Crippen LogP contribution in [0.15, 0.2) is 12.1 Å². The molecule has 0 saturated carbocycles. The van der Waals surface area contributed by atoms with Crippen molar-refractivity contribution in [3.8, 4) is 0 Å². The summed E-state index contributed by atoms with van der Waals surface area (Å²) in [6, 6.07) is 2.58. The quantitative estimate of drug-likeness (QED) is 0.889. The van der Waals surface area contributed by atoms with Crippen molar-refractivity contribution in [2.45, 2.75) is 39.2 Å². The van der Waals surface area contributed by atoms with E-state index in [1.165, 1.54) is 0 Å². The van der Waals surface area contributed by atoms with Crippen LogP contribution < -0.4 is 5.32 Å². The minimum atomic E-state index is -0.479. The van der Waals surface area contributed by atoms with Gasteiger partial charge >= 0.3 is 0 Å². The van der Waals surface area contributed by atoms with Crippen LogP contribution in [0.3, 0.4) is 0 Å². The fourth-order valence-electron chi connectivity index (χ4n) is 2.83. The summed E-state index contributed by atoms with van der Waals surface area (Å²) in [6.07, 6.45) is 2.91. The Balaban J connectivity index is 2.16. The van der Waals surface area contributed by atoms with Gasteiger partial charge in [-0.1, -0.05) is 6.92 Å². The maximum absolute atomic E-state index is 14.1. The molecule has 1 heterocycles. The van der Waals surface area contributed by atoms with Gasteiger partial charge in [0.15, 0.2) is 0 Å². The largest absolute Gasteiger partial charge is 0.381 e. The number of hydrogen-bond acceptors (Lipinski definition) is 2. The maximum Gasteiger partial charge on any atom is 0.130 e. The fraction of sp³-hybridized carbons (Fsp3) is 0.625. The molecule has 1 aromatic rings. The number of halogens is 2. The minimum absolute atomic E-state index is 0.0533. The molecule has 2 nitrogen and oxygen atoms in total. The molecular formula is C16H23F2NO. The van der Waals surface area contributed by atoms with E-state index in [4.69, 9.17) is 4.74 Å². The van der Waals surface area contributed by atoms with Crippen LogP contribution in [0, 0.1) is 24.5 Å². The lowest BCUT2D eigenvalue weighted by Crippen LogP contribution is -2.27. The van der Waals surface area contributed by atoms with Crippen LogP contribution in [0.1, 0.15) is 43.4 Å². The van der Waals surface area contributed by atoms with Crippen molar-refractivity contribution in [3.05, 3.63) is 34.9 Å². The molecule has 0 amide bonds. The molecule has 1 aliphatic rings. The molecule has 1 atom stereocenters. The van der Waals surface area contributed by atoms with Crippen molar-refractivity contribution < 1.29 is 13.5 Å². The Labute approximate surface area is 119 Å². The molecule has 1 saturated heterocycles. The highest BCUT2D eigenvalue weighted by molar-refractivity contribution is 5.28. The molecule has 2 rings (SSSR count). The first-order valence-electron chi connectivity index (χ1n) is 7.38. The summed E-state index contributed by atoms with van der Waals surface area (Å²) in [5, 5.41) is 3.33. The predicted molar refractivity (Wildman–Crippen MR) is 75.7 cm³/mol. The molecule has 112 valence electrons. The highest BCUT2D eigenvalue weighted by Gasteiger charge is 2.22. The number of aryl methyl sites for hydroxylation is 1. The molecule has 20 heavy (non-hydrogen) atoms. The third-order valence-corrected chi connectivity index (χ3v) is 4.01. The van der Waals surface area contributed by atoms with Crippen molar-refractivity contribution in [1.82, 2.24) is 5.32 Å². The van der Waals surface area contributed by atoms with Gasteiger partial charge in [0, 0.05) is 30.9 Å². The second kappa shape index (κ2) is 7.14. The maximum atomic E-state index is 14.1. The third-order valence-electron chi connectivity index (χ3n) is 4.01. The summed E-state index contributed by atoms with van der Waals surface area (Å²) < 4.78 is 32.8. The molecule has 0 aromatic heterocycles. The summed E-state index contributed by atoms with van der Waals surface area (Å²) in [5.41, 5.74) is 1.08. The van der Waals surface area contributed by atoms with Crippen LogP contribution in [0.25, 0.3) is 0 Å². The van der Waals surface area contributed by atoms with Gasteiger partial charge in [0.05, 0.1) is 0 Å². The van der Waals surface area contributed by atoms with E-state index >= 15 is 0 Å². The highest BCUT2D eigenvalue weighted by atomic mass is 19.1. The second-order valence-electron chi connectivity index (χ2n) is 5.52. The first-order chi connectivity index (χ1) is 9.61. The summed E-state index contributed by atoms with van der Waals surface area (Å²) in [6.45, 7) is 6.02. The van der Waals surface area contributed by atoms with Crippen LogP contribution >= 0.6 is 0 Å². The van der Waals surface area contributed by atoms with E-state index in [2.05, 4.69) is 5.32 Å². The van der Waals surface area contributed by atoms with E-state index in [1.807, 2.05) is 6.92 Å². The Kier molecular flexibility index (Phi) is 5.49. The second-order valence-corrected chi connectivity index (χ2v) is 5.52. The van der Waals surface area contributed by atoms with Gasteiger partial charge in [-0.3, -0.25) is 0 Å². The molecule has 0 spiro atoms. The molecule has 1 aliphatic heterocycles. The summed E-state index contributed by atoms with van der Waals surface area (Å²) in [4.78, 5) is 0. The standard InChI is InChI=1S/C16H23F2NO/c1-3-19-16(9-12-4-6-20-7-5-12)13-8-11(2)14(17)10-15(13)18/h8,10,12,16,19H,3-7,9H2,1-2H3. The molecular weight excluding hydrogens is 260 g/mol. The van der Waals surface area contributed by atoms with Gasteiger partial charge in [0.1, 0.15) is 11.6 Å². The zero-order valence-electron chi connectivity index (χ0n) is 12.2. The Hall–Kier alpha value is -1.00. The van der Waals surface area contributed by atoms with E-state index < -0.39 is 11.6 Å². The van der Waals surface area contributed by atoms with Gasteiger partial charge < -0.3 is 10.1 Å². The van der Waals surface area contributed by atoms with Gasteiger partial charge in [0.25, 0.3) is 0 Å². The number of benzene rings is 1. The Morgan fingerprint density at radius 1 is 1.25 bits per heavy atom. The molecule has 0 bridgehead atoms. The lowest BCUT2D eigenvalue weighted by Gasteiger charge is -2.28. The van der Waals surface area contributed by atoms with Gasteiger partial charge in [-0.25, -0.2) is 8.78 Å². The molecule has 0 aliphatic carbocycles. The van der Waals surface area contributed by atoms with Gasteiger partial charge in [-0.15, -0.1) is 0 Å². The first kappa shape index (κ1) is 15.4. The Bertz CT molecular complexity index is 444. The molecule has 1 unspecified atom stereocenters. The topological polar surface area (TPSA) is 21.3 Å². The van der Waals surface area contributed by atoms with Crippen molar-refractivity contribution in [3.63, 3.8) is 0 Å². The van der Waals surface area contributed by atoms with E-state index in [-0.39, 0.29) is 6.04 Å². The van der Waals surface area contributed by atoms with Crippen molar-refractivity contribution in [2.24, 2.45) is 5.92 Å². The van der Waals surface area contributed by atoms with Crippen molar-refractivity contribution in [2.75, 3.05) is 19.8 Å². The summed E-state index contributed by atoms with van der Waals surface area (Å²) in [7, 11) is 0. The number of rotatable bonds is 5. The van der Waals surface area contributed by atoms with E-state index in [0.29, 0.717) is 17.0 Å². The highest BCUT2D eigenvalue weighted by Crippen LogP contribution is 2.30. The lowest BCUT2D eigenvalue weighted by molar-refractivity contribution is 0.0604. The number of hydrogen-bond donors (Lipinski definition) is 1. The minimum Gasteiger partial charge on any atom is -0.381 e. The molecule has 1 fully saturated rings. The summed E-state index contributed by atoms with van der Waals surface area (Å²) >= 11 is 0. The van der Waals surface area contributed by atoms with Crippen LogP contribution in [-0.2, 0) is 4.74 Å². The monoisotopic (exact) mass is 283 g/mol. The van der Waals surface area contributed by atoms with Crippen molar-refractivity contribution in [1.29, 1.82) is 0 Å². The van der Waals surface area contributed by atoms with Gasteiger partial charge in [-0.05, 0) is 50.3 Å². The van der Waals surface area contributed by atoms with Gasteiger partial charge in [-0.2, -0.15) is 0 Å². The fourth-order valence-corrected chi connectivity index (χ4v) is 2.83. The van der Waals surface area contributed by atoms with E-state index in [9.17, 15) is 8.78 Å². The molecule has 1 N–H and O–H groups in total. The summed E-state index contributed by atoms with van der Waals surface area (Å²) in [5.74, 6) is -0.392. The normalized spacial score (nSPS) is 18.2. The van der Waals surface area contributed by atoms with Crippen LogP contribution in [0.5, 0.6) is 0 Å². The van der Waals surface area contributed by atoms with Crippen LogP contribution in [0.2, 0.25) is 0 Å². The Morgan fingerprint density at radius 2 is 1.95 bits per heavy atom. The molecule has 4 heteroatoms. The number of nitrogens with one attached hydrogen (secondary N) is 1. The first-order valence-corrected chi connectivity index (χ1v) is 7.38. The zero-order chi connectivity index (χ0) is 14.5. The lowest BCUT2D eigenvalue weighted by atomic mass is 9.88. The SMILES string of the molecule is CCNC(CC1CCOCC1)c1cc(C)c(F)cc1F. The average molecular weight is 283 g/mol. The van der Waals surface area contributed by atoms with E-state index in [1.54, 1.807) is 13.0 Å². The number of ether oxygens (including phenoxy) is 1. The van der Waals surface area contributed by atoms with Crippen LogP contribution in [0.4, 0.5) is 8.78 Å². The molecule has 1 aromatic carbocycles. The van der Waals surface area contributed by atoms with Crippen LogP contribution in [-0.4, -0.2) is 19.8 Å². The zero-order valence-corrected chi connectivity index (χ0v) is 12.2. The van der Waals surface area contributed by atoms with E-state index in [0.717, 1.165) is 45.1 Å². The van der Waals surface area contributed by atoms with Gasteiger partial charge in [0.2, 0.25) is 0 Å². The predicted octanol–water partition coefficient (Wildman–Crippen LogP) is 3.74. The molecule has 0 radical (unpaired) electrons. The average Bonchev–Trinajstić information content (AvgIpc) is 2.44. The van der Waals surface area contributed by atoms with Crippen molar-refractivity contribution >= 4 is 0 Å².